The number of hydrogen-bond donors (Lipinski definition) is 0. The van der Waals surface area contributed by atoms with Gasteiger partial charge in [-0.25, -0.2) is 0 Å². The second-order valence-electron chi connectivity index (χ2n) is 5.57. The fraction of sp³-hybridized carbons (Fsp3) is 0.278. The lowest BCUT2D eigenvalue weighted by Gasteiger charge is -2.22. The van der Waals surface area contributed by atoms with Crippen LogP contribution in [0.1, 0.15) is 30.1 Å². The van der Waals surface area contributed by atoms with Crippen molar-refractivity contribution >= 4 is 34.8 Å². The lowest BCUT2D eigenvalue weighted by Crippen LogP contribution is -2.31. The number of carbonyl (C=O) groups is 2. The maximum atomic E-state index is 13.0. The number of benzene rings is 1. The van der Waals surface area contributed by atoms with E-state index >= 15 is 0 Å². The van der Waals surface area contributed by atoms with E-state index in [-0.39, 0.29) is 11.8 Å². The number of halogens is 1. The summed E-state index contributed by atoms with van der Waals surface area (Å²) in [7, 11) is 0. The Hall–Kier alpha value is -2.40. The van der Waals surface area contributed by atoms with Gasteiger partial charge in [0.05, 0.1) is 22.5 Å². The largest absolute Gasteiger partial charge is 0.312 e. The fourth-order valence-electron chi connectivity index (χ4n) is 2.87. The first-order valence-corrected chi connectivity index (χ1v) is 8.31. The molecule has 0 atom stereocenters. The molecule has 1 saturated heterocycles. The molecule has 2 heterocycles. The van der Waals surface area contributed by atoms with Crippen molar-refractivity contribution < 1.29 is 9.59 Å². The van der Waals surface area contributed by atoms with Crippen LogP contribution in [0.25, 0.3) is 0 Å². The molecule has 24 heavy (non-hydrogen) atoms. The van der Waals surface area contributed by atoms with Gasteiger partial charge in [-0.15, -0.1) is 0 Å². The molecule has 124 valence electrons. The summed E-state index contributed by atoms with van der Waals surface area (Å²) in [5, 5.41) is 0.373. The van der Waals surface area contributed by atoms with Crippen molar-refractivity contribution in [3.63, 3.8) is 0 Å². The summed E-state index contributed by atoms with van der Waals surface area (Å²) in [6, 6.07) is 8.77. The van der Waals surface area contributed by atoms with Crippen molar-refractivity contribution in [3.05, 3.63) is 53.3 Å². The summed E-state index contributed by atoms with van der Waals surface area (Å²) in [5.41, 5.74) is 1.82. The number of rotatable bonds is 4. The van der Waals surface area contributed by atoms with Crippen LogP contribution in [0.15, 0.2) is 42.7 Å². The van der Waals surface area contributed by atoms with E-state index < -0.39 is 0 Å². The Labute approximate surface area is 145 Å². The standard InChI is InChI=1S/C18H18ClN3O2/c1-2-21(14-5-3-9-20-12-14)18(24)15-11-13(7-8-16(15)19)22-10-4-6-17(22)23/h3,5,7-9,11-12H,2,4,6,10H2,1H3. The molecule has 6 heteroatoms. The Kier molecular flexibility index (Phi) is 4.81. The molecule has 1 aliphatic heterocycles. The van der Waals surface area contributed by atoms with E-state index in [4.69, 9.17) is 11.6 Å². The van der Waals surface area contributed by atoms with E-state index in [9.17, 15) is 9.59 Å². The Morgan fingerprint density at radius 2 is 2.21 bits per heavy atom. The van der Waals surface area contributed by atoms with Crippen molar-refractivity contribution in [2.45, 2.75) is 19.8 Å². The minimum atomic E-state index is -0.205. The van der Waals surface area contributed by atoms with Crippen molar-refractivity contribution in [3.8, 4) is 0 Å². The monoisotopic (exact) mass is 343 g/mol. The number of nitrogens with zero attached hydrogens (tertiary/aromatic N) is 3. The molecular weight excluding hydrogens is 326 g/mol. The highest BCUT2D eigenvalue weighted by molar-refractivity contribution is 6.34. The summed E-state index contributed by atoms with van der Waals surface area (Å²) in [6.07, 6.45) is 4.68. The van der Waals surface area contributed by atoms with Gasteiger partial charge in [0.25, 0.3) is 5.91 Å². The summed E-state index contributed by atoms with van der Waals surface area (Å²) in [4.78, 5) is 32.3. The number of carbonyl (C=O) groups excluding carboxylic acids is 2. The SMILES string of the molecule is CCN(C(=O)c1cc(N2CCCC2=O)ccc1Cl)c1cccnc1. The average molecular weight is 344 g/mol. The number of aromatic nitrogens is 1. The Bertz CT molecular complexity index is 764. The van der Waals surface area contributed by atoms with E-state index in [1.54, 1.807) is 46.5 Å². The van der Waals surface area contributed by atoms with Gasteiger partial charge in [0.1, 0.15) is 0 Å². The van der Waals surface area contributed by atoms with Gasteiger partial charge in [0, 0.05) is 31.4 Å². The van der Waals surface area contributed by atoms with Crippen LogP contribution in [0.2, 0.25) is 5.02 Å². The molecule has 1 aromatic heterocycles. The third kappa shape index (κ3) is 3.12. The van der Waals surface area contributed by atoms with E-state index in [0.29, 0.717) is 41.5 Å². The Balaban J connectivity index is 1.95. The van der Waals surface area contributed by atoms with Crippen molar-refractivity contribution in [2.24, 2.45) is 0 Å². The van der Waals surface area contributed by atoms with Gasteiger partial charge in [-0.2, -0.15) is 0 Å². The molecule has 2 aromatic rings. The second-order valence-corrected chi connectivity index (χ2v) is 5.98. The van der Waals surface area contributed by atoms with Crippen LogP contribution in [0.5, 0.6) is 0 Å². The smallest absolute Gasteiger partial charge is 0.259 e. The van der Waals surface area contributed by atoms with Gasteiger partial charge in [0.2, 0.25) is 5.91 Å². The van der Waals surface area contributed by atoms with Gasteiger partial charge in [-0.3, -0.25) is 14.6 Å². The predicted molar refractivity (Wildman–Crippen MR) is 94.6 cm³/mol. The molecule has 3 rings (SSSR count). The Morgan fingerprint density at radius 1 is 1.38 bits per heavy atom. The highest BCUT2D eigenvalue weighted by atomic mass is 35.5. The van der Waals surface area contributed by atoms with Crippen molar-refractivity contribution in [1.82, 2.24) is 4.98 Å². The maximum Gasteiger partial charge on any atom is 0.259 e. The molecule has 0 unspecified atom stereocenters. The molecule has 0 radical (unpaired) electrons. The minimum Gasteiger partial charge on any atom is -0.312 e. The van der Waals surface area contributed by atoms with Crippen LogP contribution in [-0.4, -0.2) is 29.9 Å². The quantitative estimate of drug-likeness (QED) is 0.853. The molecule has 0 N–H and O–H groups in total. The number of anilines is 2. The summed E-state index contributed by atoms with van der Waals surface area (Å²) < 4.78 is 0. The highest BCUT2D eigenvalue weighted by Gasteiger charge is 2.25. The van der Waals surface area contributed by atoms with Crippen LogP contribution in [0.3, 0.4) is 0 Å². The van der Waals surface area contributed by atoms with E-state index in [0.717, 1.165) is 6.42 Å². The average Bonchev–Trinajstić information content (AvgIpc) is 3.03. The fourth-order valence-corrected chi connectivity index (χ4v) is 3.07. The Morgan fingerprint density at radius 3 is 2.83 bits per heavy atom. The molecular formula is C18H18ClN3O2. The molecule has 1 aromatic carbocycles. The molecule has 0 saturated carbocycles. The molecule has 0 aliphatic carbocycles. The number of pyridine rings is 1. The molecule has 0 spiro atoms. The molecule has 0 bridgehead atoms. The van der Waals surface area contributed by atoms with E-state index in [1.807, 2.05) is 13.0 Å². The third-order valence-corrected chi connectivity index (χ3v) is 4.41. The van der Waals surface area contributed by atoms with Gasteiger partial charge in [-0.1, -0.05) is 11.6 Å². The van der Waals surface area contributed by atoms with Crippen molar-refractivity contribution in [2.75, 3.05) is 22.9 Å². The minimum absolute atomic E-state index is 0.0790. The summed E-state index contributed by atoms with van der Waals surface area (Å²) >= 11 is 6.26. The lowest BCUT2D eigenvalue weighted by molar-refractivity contribution is -0.117. The zero-order chi connectivity index (χ0) is 17.1. The first-order valence-electron chi connectivity index (χ1n) is 7.93. The molecule has 2 amide bonds. The molecule has 1 fully saturated rings. The summed E-state index contributed by atoms with van der Waals surface area (Å²) in [5.74, 6) is -0.126. The van der Waals surface area contributed by atoms with Crippen LogP contribution >= 0.6 is 11.6 Å². The van der Waals surface area contributed by atoms with E-state index in [2.05, 4.69) is 4.98 Å². The van der Waals surface area contributed by atoms with Gasteiger partial charge >= 0.3 is 0 Å². The highest BCUT2D eigenvalue weighted by Crippen LogP contribution is 2.28. The van der Waals surface area contributed by atoms with Crippen LogP contribution in [0, 0.1) is 0 Å². The van der Waals surface area contributed by atoms with Crippen LogP contribution in [0.4, 0.5) is 11.4 Å². The van der Waals surface area contributed by atoms with Gasteiger partial charge < -0.3 is 9.80 Å². The molecule has 1 aliphatic rings. The van der Waals surface area contributed by atoms with Gasteiger partial charge in [-0.05, 0) is 43.7 Å². The molecule has 5 nitrogen and oxygen atoms in total. The summed E-state index contributed by atoms with van der Waals surface area (Å²) in [6.45, 7) is 3.06. The number of amides is 2. The lowest BCUT2D eigenvalue weighted by atomic mass is 10.1. The van der Waals surface area contributed by atoms with Gasteiger partial charge in [0.15, 0.2) is 0 Å². The first kappa shape index (κ1) is 16.5. The van der Waals surface area contributed by atoms with E-state index in [1.165, 1.54) is 0 Å². The number of hydrogen-bond acceptors (Lipinski definition) is 3. The maximum absolute atomic E-state index is 13.0. The predicted octanol–water partition coefficient (Wildman–Crippen LogP) is 3.53. The van der Waals surface area contributed by atoms with Crippen molar-refractivity contribution in [1.29, 1.82) is 0 Å². The second kappa shape index (κ2) is 7.01. The zero-order valence-corrected chi connectivity index (χ0v) is 14.2. The normalized spacial score (nSPS) is 14.1. The third-order valence-electron chi connectivity index (χ3n) is 4.08. The zero-order valence-electron chi connectivity index (χ0n) is 13.4. The van der Waals surface area contributed by atoms with Crippen LogP contribution < -0.4 is 9.80 Å². The van der Waals surface area contributed by atoms with Crippen LogP contribution in [-0.2, 0) is 4.79 Å². The topological polar surface area (TPSA) is 53.5 Å². The first-order chi connectivity index (χ1) is 11.6.